The number of nitrogens with two attached hydrogens (primary N) is 1. The van der Waals surface area contributed by atoms with Gasteiger partial charge in [0.05, 0.1) is 18.8 Å². The number of nitrogens with zero attached hydrogens (tertiary/aromatic N) is 8. The molecule has 4 heterocycles. The van der Waals surface area contributed by atoms with Gasteiger partial charge in [0, 0.05) is 58.4 Å². The Balaban J connectivity index is 1.44. The van der Waals surface area contributed by atoms with Crippen LogP contribution in [0.1, 0.15) is 38.3 Å². The lowest BCUT2D eigenvalue weighted by molar-refractivity contribution is -0.131. The number of piperazine rings is 1. The highest BCUT2D eigenvalue weighted by Gasteiger charge is 2.27. The van der Waals surface area contributed by atoms with Gasteiger partial charge in [0.15, 0.2) is 5.82 Å². The number of unbranched alkanes of at least 4 members (excludes halogenated alkanes) is 1. The number of amides is 2. The Labute approximate surface area is 230 Å². The van der Waals surface area contributed by atoms with E-state index in [1.807, 2.05) is 9.80 Å². The third-order valence-electron chi connectivity index (χ3n) is 6.54. The zero-order valence-electron chi connectivity index (χ0n) is 22.4. The van der Waals surface area contributed by atoms with Crippen LogP contribution in [0.4, 0.5) is 26.6 Å². The minimum Gasteiger partial charge on any atom is -0.378 e. The Morgan fingerprint density at radius 1 is 1.02 bits per heavy atom. The van der Waals surface area contributed by atoms with E-state index in [-0.39, 0.29) is 29.2 Å². The minimum absolute atomic E-state index is 0.0157. The van der Waals surface area contributed by atoms with Gasteiger partial charge >= 0.3 is 0 Å². The highest BCUT2D eigenvalue weighted by molar-refractivity contribution is 5.87. The summed E-state index contributed by atoms with van der Waals surface area (Å²) < 4.78 is 33.0. The third-order valence-corrected chi connectivity index (χ3v) is 6.54. The van der Waals surface area contributed by atoms with Crippen molar-refractivity contribution in [3.63, 3.8) is 0 Å². The number of morpholine rings is 1. The zero-order chi connectivity index (χ0) is 28.5. The molecule has 3 N–H and O–H groups in total. The summed E-state index contributed by atoms with van der Waals surface area (Å²) in [6, 6.07) is 0. The number of halogens is 2. The number of aromatic nitrogens is 5. The maximum atomic E-state index is 13.8. The van der Waals surface area contributed by atoms with Crippen molar-refractivity contribution >= 4 is 29.7 Å². The molecule has 15 heteroatoms. The lowest BCUT2D eigenvalue weighted by atomic mass is 10.2. The Morgan fingerprint density at radius 3 is 2.35 bits per heavy atom. The lowest BCUT2D eigenvalue weighted by Crippen LogP contribution is -2.49. The highest BCUT2D eigenvalue weighted by atomic mass is 19.3. The molecule has 0 aromatic carbocycles. The Morgan fingerprint density at radius 2 is 1.70 bits per heavy atom. The molecule has 13 nitrogen and oxygen atoms in total. The fourth-order valence-corrected chi connectivity index (χ4v) is 4.41. The van der Waals surface area contributed by atoms with Crippen LogP contribution in [0.15, 0.2) is 18.3 Å². The van der Waals surface area contributed by atoms with Gasteiger partial charge in [-0.3, -0.25) is 9.59 Å². The van der Waals surface area contributed by atoms with Crippen LogP contribution in [0.3, 0.4) is 0 Å². The number of carbonyl (C=O) groups is 2. The van der Waals surface area contributed by atoms with Crippen LogP contribution in [0.25, 0.3) is 11.4 Å². The molecule has 0 bridgehead atoms. The molecule has 2 saturated heterocycles. The normalized spacial score (nSPS) is 16.1. The summed E-state index contributed by atoms with van der Waals surface area (Å²) in [7, 11) is 0. The van der Waals surface area contributed by atoms with E-state index in [9.17, 15) is 18.4 Å². The van der Waals surface area contributed by atoms with Gasteiger partial charge < -0.3 is 30.5 Å². The average Bonchev–Trinajstić information content (AvgIpc) is 2.97. The molecule has 216 valence electrons. The quantitative estimate of drug-likeness (QED) is 0.318. The Kier molecular flexibility index (Phi) is 10.0. The van der Waals surface area contributed by atoms with Crippen LogP contribution in [0, 0.1) is 0 Å². The van der Waals surface area contributed by atoms with E-state index in [1.54, 1.807) is 17.9 Å². The van der Waals surface area contributed by atoms with Crippen LogP contribution in [-0.2, 0) is 14.3 Å². The van der Waals surface area contributed by atoms with Crippen molar-refractivity contribution in [2.75, 3.05) is 74.6 Å². The first-order valence-corrected chi connectivity index (χ1v) is 13.3. The SMILES string of the molecule is C/C=C/C(=O)NCCCCC(=O)N1CCN(c2nc(-c3cnc(N)nc3C(F)F)nc(N3CCOCC3)n2)CC1. The predicted molar refractivity (Wildman–Crippen MR) is 144 cm³/mol. The van der Waals surface area contributed by atoms with E-state index in [0.29, 0.717) is 90.2 Å². The van der Waals surface area contributed by atoms with E-state index in [1.165, 1.54) is 12.3 Å². The molecule has 2 aliphatic heterocycles. The smallest absolute Gasteiger partial charge is 0.281 e. The summed E-state index contributed by atoms with van der Waals surface area (Å²) >= 11 is 0. The van der Waals surface area contributed by atoms with Crippen molar-refractivity contribution in [1.29, 1.82) is 0 Å². The summed E-state index contributed by atoms with van der Waals surface area (Å²) in [5, 5.41) is 2.78. The maximum Gasteiger partial charge on any atom is 0.281 e. The van der Waals surface area contributed by atoms with E-state index < -0.39 is 12.1 Å². The van der Waals surface area contributed by atoms with Gasteiger partial charge in [-0.05, 0) is 25.8 Å². The van der Waals surface area contributed by atoms with Crippen LogP contribution >= 0.6 is 0 Å². The number of anilines is 3. The molecule has 0 unspecified atom stereocenters. The van der Waals surface area contributed by atoms with Crippen molar-refractivity contribution in [2.45, 2.75) is 32.6 Å². The molecule has 0 aliphatic carbocycles. The maximum absolute atomic E-state index is 13.8. The van der Waals surface area contributed by atoms with Crippen LogP contribution in [0.5, 0.6) is 0 Å². The number of nitrogen functional groups attached to an aromatic ring is 1. The summed E-state index contributed by atoms with van der Waals surface area (Å²) in [5.74, 6) is 0.346. The zero-order valence-corrected chi connectivity index (χ0v) is 22.4. The van der Waals surface area contributed by atoms with Crippen molar-refractivity contribution in [3.8, 4) is 11.4 Å². The van der Waals surface area contributed by atoms with Crippen LogP contribution in [0.2, 0.25) is 0 Å². The van der Waals surface area contributed by atoms with Crippen molar-refractivity contribution in [2.24, 2.45) is 0 Å². The number of rotatable bonds is 10. The van der Waals surface area contributed by atoms with Crippen molar-refractivity contribution < 1.29 is 23.1 Å². The predicted octanol–water partition coefficient (Wildman–Crippen LogP) is 1.20. The summed E-state index contributed by atoms with van der Waals surface area (Å²) in [6.07, 6.45) is 3.22. The first kappa shape index (κ1) is 29.0. The number of hydrogen-bond acceptors (Lipinski definition) is 11. The second-order valence-corrected chi connectivity index (χ2v) is 9.30. The number of nitrogens with one attached hydrogen (secondary N) is 1. The molecule has 0 radical (unpaired) electrons. The van der Waals surface area contributed by atoms with Gasteiger partial charge in [-0.15, -0.1) is 0 Å². The van der Waals surface area contributed by atoms with E-state index in [4.69, 9.17) is 10.5 Å². The standard InChI is InChI=1S/C25H34F2N10O3/c1-2-5-18(38)29-7-4-3-6-19(39)35-8-10-36(11-9-35)24-32-22(17-16-30-23(28)31-20(17)21(26)27)33-25(34-24)37-12-14-40-15-13-37/h2,5,16,21H,3-4,6-15H2,1H3,(H,29,38)(H2,28,30,31)/b5-2+. The Bertz CT molecular complexity index is 1200. The summed E-state index contributed by atoms with van der Waals surface area (Å²) in [5.41, 5.74) is 4.99. The second-order valence-electron chi connectivity index (χ2n) is 9.30. The number of ether oxygens (including phenoxy) is 1. The summed E-state index contributed by atoms with van der Waals surface area (Å²) in [6.45, 7) is 6.25. The first-order valence-electron chi connectivity index (χ1n) is 13.3. The van der Waals surface area contributed by atoms with E-state index in [2.05, 4.69) is 30.2 Å². The average molecular weight is 561 g/mol. The largest absolute Gasteiger partial charge is 0.378 e. The molecule has 0 spiro atoms. The molecule has 4 rings (SSSR count). The van der Waals surface area contributed by atoms with Gasteiger partial charge in [-0.2, -0.15) is 15.0 Å². The molecule has 0 saturated carbocycles. The van der Waals surface area contributed by atoms with Gasteiger partial charge in [-0.25, -0.2) is 18.7 Å². The first-order chi connectivity index (χ1) is 19.4. The number of alkyl halides is 2. The monoisotopic (exact) mass is 560 g/mol. The van der Waals surface area contributed by atoms with Gasteiger partial charge in [0.1, 0.15) is 5.69 Å². The number of hydrogen-bond donors (Lipinski definition) is 2. The van der Waals surface area contributed by atoms with Crippen LogP contribution in [-0.4, -0.2) is 101 Å². The Hall–Kier alpha value is -4.01. The van der Waals surface area contributed by atoms with Crippen molar-refractivity contribution in [1.82, 2.24) is 35.1 Å². The molecular weight excluding hydrogens is 526 g/mol. The molecule has 2 fully saturated rings. The topological polar surface area (TPSA) is 156 Å². The van der Waals surface area contributed by atoms with Gasteiger partial charge in [0.25, 0.3) is 6.43 Å². The van der Waals surface area contributed by atoms with Crippen LogP contribution < -0.4 is 20.9 Å². The minimum atomic E-state index is -2.90. The molecule has 2 aromatic heterocycles. The third kappa shape index (κ3) is 7.55. The highest BCUT2D eigenvalue weighted by Crippen LogP contribution is 2.30. The molecule has 2 amide bonds. The van der Waals surface area contributed by atoms with Crippen molar-refractivity contribution in [3.05, 3.63) is 24.0 Å². The molecule has 2 aliphatic rings. The van der Waals surface area contributed by atoms with Gasteiger partial charge in [-0.1, -0.05) is 6.08 Å². The number of allylic oxidation sites excluding steroid dienone is 1. The lowest BCUT2D eigenvalue weighted by Gasteiger charge is -2.35. The van der Waals surface area contributed by atoms with Gasteiger partial charge in [0.2, 0.25) is 29.7 Å². The molecule has 2 aromatic rings. The second kappa shape index (κ2) is 13.9. The molecule has 0 atom stereocenters. The fraction of sp³-hybridized carbons (Fsp3) is 0.560. The fourth-order valence-electron chi connectivity index (χ4n) is 4.41. The van der Waals surface area contributed by atoms with E-state index in [0.717, 1.165) is 0 Å². The molecular formula is C25H34F2N10O3. The number of carbonyl (C=O) groups excluding carboxylic acids is 2. The van der Waals surface area contributed by atoms with E-state index >= 15 is 0 Å². The molecule has 40 heavy (non-hydrogen) atoms. The summed E-state index contributed by atoms with van der Waals surface area (Å²) in [4.78, 5) is 51.0.